The van der Waals surface area contributed by atoms with Crippen molar-refractivity contribution in [2.45, 2.75) is 27.2 Å². The Hall–Kier alpha value is -2.17. The molecular weight excluding hydrogens is 258 g/mol. The number of amides is 1. The van der Waals surface area contributed by atoms with Crippen LogP contribution in [0.25, 0.3) is 0 Å². The van der Waals surface area contributed by atoms with Crippen LogP contribution in [0.4, 0.5) is 0 Å². The van der Waals surface area contributed by atoms with Crippen LogP contribution in [0.2, 0.25) is 0 Å². The second-order valence-corrected chi connectivity index (χ2v) is 4.73. The molecule has 5 heteroatoms. The molecule has 0 bridgehead atoms. The molecule has 0 radical (unpaired) electrons. The monoisotopic (exact) mass is 277 g/mol. The van der Waals surface area contributed by atoms with Gasteiger partial charge in [0.2, 0.25) is 0 Å². The van der Waals surface area contributed by atoms with Gasteiger partial charge in [-0.1, -0.05) is 25.1 Å². The highest BCUT2D eigenvalue weighted by molar-refractivity contribution is 5.89. The summed E-state index contributed by atoms with van der Waals surface area (Å²) in [6.07, 6.45) is 0.177. The maximum atomic E-state index is 12.0. The van der Waals surface area contributed by atoms with Crippen molar-refractivity contribution in [3.8, 4) is 5.75 Å². The fraction of sp³-hybridized carbons (Fsp3) is 0.400. The third kappa shape index (κ3) is 5.22. The Morgan fingerprint density at radius 3 is 2.25 bits per heavy atom. The molecule has 1 rings (SSSR count). The summed E-state index contributed by atoms with van der Waals surface area (Å²) < 4.78 is 0. The minimum atomic E-state index is -0.422. The Kier molecular flexibility index (Phi) is 5.90. The zero-order valence-corrected chi connectivity index (χ0v) is 12.0. The van der Waals surface area contributed by atoms with Crippen molar-refractivity contribution < 1.29 is 19.2 Å². The van der Waals surface area contributed by atoms with Crippen LogP contribution < -0.4 is 4.84 Å². The number of hydrogen-bond donors (Lipinski definition) is 0. The van der Waals surface area contributed by atoms with Gasteiger partial charge in [-0.05, 0) is 19.1 Å². The zero-order valence-electron chi connectivity index (χ0n) is 12.0. The normalized spacial score (nSPS) is 11.6. The van der Waals surface area contributed by atoms with Crippen molar-refractivity contribution in [1.82, 2.24) is 5.06 Å². The lowest BCUT2D eigenvalue weighted by Gasteiger charge is -2.21. The molecule has 1 aromatic carbocycles. The summed E-state index contributed by atoms with van der Waals surface area (Å²) >= 11 is 0. The highest BCUT2D eigenvalue weighted by Gasteiger charge is 2.21. The predicted molar refractivity (Wildman–Crippen MR) is 73.9 cm³/mol. The fourth-order valence-electron chi connectivity index (χ4n) is 1.66. The first-order valence-electron chi connectivity index (χ1n) is 6.43. The van der Waals surface area contributed by atoms with Gasteiger partial charge in [0.15, 0.2) is 11.5 Å². The van der Waals surface area contributed by atoms with E-state index in [-0.39, 0.29) is 30.4 Å². The molecule has 0 saturated heterocycles. The molecule has 5 nitrogen and oxygen atoms in total. The quantitative estimate of drug-likeness (QED) is 0.715. The number of carbonyl (C=O) groups excluding carboxylic acids is 3. The number of hydroxylamine groups is 2. The lowest BCUT2D eigenvalue weighted by molar-refractivity contribution is -0.159. The predicted octanol–water partition coefficient (Wildman–Crippen LogP) is 2.01. The molecule has 1 amide bonds. The molecule has 108 valence electrons. The molecular formula is C15H19NO4. The second kappa shape index (κ2) is 7.43. The van der Waals surface area contributed by atoms with E-state index >= 15 is 0 Å². The molecule has 0 N–H and O–H groups in total. The van der Waals surface area contributed by atoms with Crippen molar-refractivity contribution in [2.24, 2.45) is 5.92 Å². The summed E-state index contributed by atoms with van der Waals surface area (Å²) in [6, 6.07) is 8.76. The van der Waals surface area contributed by atoms with E-state index in [1.54, 1.807) is 31.2 Å². The Morgan fingerprint density at radius 2 is 1.75 bits per heavy atom. The minimum absolute atomic E-state index is 0.0517. The molecule has 1 unspecified atom stereocenters. The number of para-hydroxylation sites is 1. The Bertz CT molecular complexity index is 484. The van der Waals surface area contributed by atoms with Crippen LogP contribution >= 0.6 is 0 Å². The highest BCUT2D eigenvalue weighted by atomic mass is 16.7. The standard InChI is InChI=1S/C15H19NO4/c1-11(9-12(2)17)15(19)10-16(13(3)18)20-14-7-5-4-6-8-14/h4-8,11H,9-10H2,1-3H3. The summed E-state index contributed by atoms with van der Waals surface area (Å²) in [5.74, 6) is -0.559. The van der Waals surface area contributed by atoms with Crippen molar-refractivity contribution in [1.29, 1.82) is 0 Å². The lowest BCUT2D eigenvalue weighted by Crippen LogP contribution is -2.38. The number of benzene rings is 1. The Morgan fingerprint density at radius 1 is 1.15 bits per heavy atom. The van der Waals surface area contributed by atoms with Crippen molar-refractivity contribution in [3.63, 3.8) is 0 Å². The topological polar surface area (TPSA) is 63.7 Å². The molecule has 0 aliphatic heterocycles. The fourth-order valence-corrected chi connectivity index (χ4v) is 1.66. The highest BCUT2D eigenvalue weighted by Crippen LogP contribution is 2.12. The Balaban J connectivity index is 2.66. The first-order chi connectivity index (χ1) is 9.40. The van der Waals surface area contributed by atoms with E-state index in [1.807, 2.05) is 6.07 Å². The molecule has 0 saturated carbocycles. The summed E-state index contributed by atoms with van der Waals surface area (Å²) in [4.78, 5) is 39.9. The summed E-state index contributed by atoms with van der Waals surface area (Å²) in [7, 11) is 0. The van der Waals surface area contributed by atoms with E-state index < -0.39 is 5.92 Å². The van der Waals surface area contributed by atoms with Gasteiger partial charge in [0, 0.05) is 19.3 Å². The summed E-state index contributed by atoms with van der Waals surface area (Å²) in [5, 5.41) is 1.01. The number of ketones is 2. The van der Waals surface area contributed by atoms with E-state index in [0.29, 0.717) is 5.75 Å². The smallest absolute Gasteiger partial charge is 0.252 e. The molecule has 20 heavy (non-hydrogen) atoms. The van der Waals surface area contributed by atoms with Crippen molar-refractivity contribution in [2.75, 3.05) is 6.54 Å². The molecule has 0 spiro atoms. The van der Waals surface area contributed by atoms with Gasteiger partial charge in [0.05, 0.1) is 0 Å². The Labute approximate surface area is 118 Å². The third-order valence-electron chi connectivity index (χ3n) is 2.75. The first-order valence-corrected chi connectivity index (χ1v) is 6.43. The van der Waals surface area contributed by atoms with E-state index in [9.17, 15) is 14.4 Å². The second-order valence-electron chi connectivity index (χ2n) is 4.73. The number of hydrogen-bond acceptors (Lipinski definition) is 4. The van der Waals surface area contributed by atoms with Gasteiger partial charge < -0.3 is 9.63 Å². The number of nitrogens with zero attached hydrogens (tertiary/aromatic N) is 1. The van der Waals surface area contributed by atoms with E-state index in [2.05, 4.69) is 0 Å². The average molecular weight is 277 g/mol. The van der Waals surface area contributed by atoms with Gasteiger partial charge >= 0.3 is 0 Å². The van der Waals surface area contributed by atoms with E-state index in [1.165, 1.54) is 13.8 Å². The lowest BCUT2D eigenvalue weighted by atomic mass is 10.0. The van der Waals surface area contributed by atoms with Crippen LogP contribution in [0.1, 0.15) is 27.2 Å². The molecule has 0 aliphatic carbocycles. The number of rotatable bonds is 7. The van der Waals surface area contributed by atoms with Gasteiger partial charge in [0.25, 0.3) is 5.91 Å². The van der Waals surface area contributed by atoms with Crippen LogP contribution in [0.5, 0.6) is 5.75 Å². The third-order valence-corrected chi connectivity index (χ3v) is 2.75. The molecule has 1 aromatic rings. The van der Waals surface area contributed by atoms with Gasteiger partial charge in [-0.15, -0.1) is 0 Å². The van der Waals surface area contributed by atoms with Crippen LogP contribution in [-0.4, -0.2) is 29.1 Å². The molecule has 1 atom stereocenters. The van der Waals surface area contributed by atoms with Crippen LogP contribution in [0.3, 0.4) is 0 Å². The zero-order chi connectivity index (χ0) is 15.1. The summed E-state index contributed by atoms with van der Waals surface area (Å²) in [6.45, 7) is 4.27. The maximum absolute atomic E-state index is 12.0. The van der Waals surface area contributed by atoms with Gasteiger partial charge in [-0.2, -0.15) is 5.06 Å². The molecule has 0 aromatic heterocycles. The van der Waals surface area contributed by atoms with Crippen molar-refractivity contribution >= 4 is 17.5 Å². The SMILES string of the molecule is CC(=O)CC(C)C(=O)CN(Oc1ccccc1)C(C)=O. The van der Waals surface area contributed by atoms with Gasteiger partial charge in [-0.25, -0.2) is 0 Å². The van der Waals surface area contributed by atoms with Crippen LogP contribution in [0, 0.1) is 5.92 Å². The first kappa shape index (κ1) is 15.9. The number of Topliss-reactive ketones (excluding diaryl/α,β-unsaturated/α-hetero) is 2. The number of carbonyl (C=O) groups is 3. The maximum Gasteiger partial charge on any atom is 0.252 e. The van der Waals surface area contributed by atoms with Crippen molar-refractivity contribution in [3.05, 3.63) is 30.3 Å². The van der Waals surface area contributed by atoms with Crippen LogP contribution in [0.15, 0.2) is 30.3 Å². The summed E-state index contributed by atoms with van der Waals surface area (Å²) in [5.41, 5.74) is 0. The average Bonchev–Trinajstić information content (AvgIpc) is 2.38. The van der Waals surface area contributed by atoms with Crippen LogP contribution in [-0.2, 0) is 14.4 Å². The molecule has 0 aliphatic rings. The molecule has 0 fully saturated rings. The van der Waals surface area contributed by atoms with Gasteiger partial charge in [0.1, 0.15) is 12.3 Å². The van der Waals surface area contributed by atoms with Gasteiger partial charge in [-0.3, -0.25) is 9.59 Å². The minimum Gasteiger partial charge on any atom is -0.376 e. The van der Waals surface area contributed by atoms with E-state index in [4.69, 9.17) is 4.84 Å². The largest absolute Gasteiger partial charge is 0.376 e. The molecule has 0 heterocycles. The van der Waals surface area contributed by atoms with E-state index in [0.717, 1.165) is 5.06 Å².